The minimum absolute atomic E-state index is 0.0958. The Hall–Kier alpha value is -1.29. The number of halogens is 1. The summed E-state index contributed by atoms with van der Waals surface area (Å²) in [6.45, 7) is 4.84. The second-order valence-corrected chi connectivity index (χ2v) is 4.27. The van der Waals surface area contributed by atoms with Gasteiger partial charge in [-0.05, 0) is 12.0 Å². The van der Waals surface area contributed by atoms with Crippen molar-refractivity contribution in [3.05, 3.63) is 33.3 Å². The van der Waals surface area contributed by atoms with Gasteiger partial charge in [-0.2, -0.15) is 0 Å². The van der Waals surface area contributed by atoms with Crippen molar-refractivity contribution in [2.24, 2.45) is 5.92 Å². The second-order valence-electron chi connectivity index (χ2n) is 3.86. The fraction of sp³-hybridized carbons (Fsp3) is 0.500. The Balaban J connectivity index is 2.67. The van der Waals surface area contributed by atoms with E-state index in [0.29, 0.717) is 18.3 Å². The van der Waals surface area contributed by atoms with Gasteiger partial charge in [0, 0.05) is 12.1 Å². The molecule has 0 N–H and O–H groups in total. The first kappa shape index (κ1) is 13.8. The van der Waals surface area contributed by atoms with Gasteiger partial charge in [-0.1, -0.05) is 38.3 Å². The fourth-order valence-corrected chi connectivity index (χ4v) is 1.70. The minimum Gasteiger partial charge on any atom is -0.493 e. The van der Waals surface area contributed by atoms with Gasteiger partial charge in [0.25, 0.3) is 5.69 Å². The Labute approximate surface area is 106 Å². The molecule has 0 radical (unpaired) electrons. The van der Waals surface area contributed by atoms with E-state index in [9.17, 15) is 10.1 Å². The molecule has 0 amide bonds. The highest BCUT2D eigenvalue weighted by Gasteiger charge is 2.13. The van der Waals surface area contributed by atoms with Crippen molar-refractivity contribution in [2.45, 2.75) is 26.7 Å². The van der Waals surface area contributed by atoms with Crippen LogP contribution in [-0.4, -0.2) is 11.5 Å². The standard InChI is InChI=1S/C12H16ClNO3/c1-3-9(4-2)8-17-10-5-6-12(14(15)16)11(13)7-10/h5-7,9H,3-4,8H2,1-2H3. The molecule has 0 aromatic heterocycles. The van der Waals surface area contributed by atoms with Gasteiger partial charge in [0.05, 0.1) is 11.5 Å². The highest BCUT2D eigenvalue weighted by atomic mass is 35.5. The molecule has 0 spiro atoms. The first-order chi connectivity index (χ1) is 8.08. The van der Waals surface area contributed by atoms with Crippen LogP contribution in [0.25, 0.3) is 0 Å². The minimum atomic E-state index is -0.507. The molecule has 17 heavy (non-hydrogen) atoms. The molecule has 5 heteroatoms. The summed E-state index contributed by atoms with van der Waals surface area (Å²) in [5, 5.41) is 10.7. The van der Waals surface area contributed by atoms with Crippen LogP contribution in [-0.2, 0) is 0 Å². The highest BCUT2D eigenvalue weighted by Crippen LogP contribution is 2.28. The average molecular weight is 258 g/mol. The molecule has 0 aliphatic rings. The summed E-state index contributed by atoms with van der Waals surface area (Å²) in [6.07, 6.45) is 2.11. The summed E-state index contributed by atoms with van der Waals surface area (Å²) in [5.74, 6) is 1.08. The Morgan fingerprint density at radius 2 is 2.06 bits per heavy atom. The zero-order chi connectivity index (χ0) is 12.8. The van der Waals surface area contributed by atoms with E-state index in [1.165, 1.54) is 12.1 Å². The normalized spacial score (nSPS) is 10.6. The molecule has 94 valence electrons. The van der Waals surface area contributed by atoms with Crippen LogP contribution in [0.1, 0.15) is 26.7 Å². The van der Waals surface area contributed by atoms with E-state index in [0.717, 1.165) is 12.8 Å². The van der Waals surface area contributed by atoms with Gasteiger partial charge < -0.3 is 4.74 Å². The van der Waals surface area contributed by atoms with Crippen molar-refractivity contribution >= 4 is 17.3 Å². The van der Waals surface area contributed by atoms with E-state index in [4.69, 9.17) is 16.3 Å². The second kappa shape index (κ2) is 6.45. The third-order valence-corrected chi connectivity index (χ3v) is 3.06. The van der Waals surface area contributed by atoms with E-state index >= 15 is 0 Å². The molecule has 0 unspecified atom stereocenters. The smallest absolute Gasteiger partial charge is 0.288 e. The van der Waals surface area contributed by atoms with Gasteiger partial charge >= 0.3 is 0 Å². The fourth-order valence-electron chi connectivity index (χ4n) is 1.46. The summed E-state index contributed by atoms with van der Waals surface area (Å²) in [4.78, 5) is 10.1. The largest absolute Gasteiger partial charge is 0.493 e. The molecule has 0 atom stereocenters. The Bertz CT molecular complexity index is 391. The van der Waals surface area contributed by atoms with Crippen molar-refractivity contribution in [2.75, 3.05) is 6.61 Å². The maximum atomic E-state index is 10.6. The lowest BCUT2D eigenvalue weighted by atomic mass is 10.1. The molecule has 0 heterocycles. The molecule has 1 rings (SSSR count). The summed E-state index contributed by atoms with van der Waals surface area (Å²) in [7, 11) is 0. The lowest BCUT2D eigenvalue weighted by Crippen LogP contribution is -2.10. The van der Waals surface area contributed by atoms with Crippen molar-refractivity contribution in [3.63, 3.8) is 0 Å². The van der Waals surface area contributed by atoms with Crippen LogP contribution >= 0.6 is 11.6 Å². The monoisotopic (exact) mass is 257 g/mol. The van der Waals surface area contributed by atoms with E-state index in [1.54, 1.807) is 6.07 Å². The summed E-state index contributed by atoms with van der Waals surface area (Å²) < 4.78 is 5.56. The Morgan fingerprint density at radius 1 is 1.41 bits per heavy atom. The Morgan fingerprint density at radius 3 is 2.53 bits per heavy atom. The molecule has 0 fully saturated rings. The van der Waals surface area contributed by atoms with Crippen LogP contribution in [0, 0.1) is 16.0 Å². The van der Waals surface area contributed by atoms with E-state index in [2.05, 4.69) is 13.8 Å². The Kier molecular flexibility index (Phi) is 5.22. The molecule has 0 saturated heterocycles. The van der Waals surface area contributed by atoms with Crippen LogP contribution in [0.4, 0.5) is 5.69 Å². The first-order valence-electron chi connectivity index (χ1n) is 5.65. The maximum Gasteiger partial charge on any atom is 0.288 e. The van der Waals surface area contributed by atoms with Crippen molar-refractivity contribution < 1.29 is 9.66 Å². The lowest BCUT2D eigenvalue weighted by Gasteiger charge is -2.13. The van der Waals surface area contributed by atoms with Crippen LogP contribution in [0.2, 0.25) is 5.02 Å². The number of hydrogen-bond donors (Lipinski definition) is 0. The molecular weight excluding hydrogens is 242 g/mol. The zero-order valence-electron chi connectivity index (χ0n) is 9.98. The zero-order valence-corrected chi connectivity index (χ0v) is 10.7. The predicted octanol–water partition coefficient (Wildman–Crippen LogP) is 4.06. The molecule has 0 aliphatic carbocycles. The number of nitro benzene ring substituents is 1. The van der Waals surface area contributed by atoms with Gasteiger partial charge in [0.15, 0.2) is 0 Å². The van der Waals surface area contributed by atoms with Crippen LogP contribution < -0.4 is 4.74 Å². The average Bonchev–Trinajstić information content (AvgIpc) is 2.30. The van der Waals surface area contributed by atoms with Gasteiger partial charge in [-0.3, -0.25) is 10.1 Å². The van der Waals surface area contributed by atoms with Crippen LogP contribution in [0.15, 0.2) is 18.2 Å². The molecule has 4 nitrogen and oxygen atoms in total. The van der Waals surface area contributed by atoms with E-state index < -0.39 is 4.92 Å². The number of nitro groups is 1. The number of rotatable bonds is 6. The number of ether oxygens (including phenoxy) is 1. The van der Waals surface area contributed by atoms with Crippen LogP contribution in [0.5, 0.6) is 5.75 Å². The molecule has 0 saturated carbocycles. The molecule has 0 aliphatic heterocycles. The van der Waals surface area contributed by atoms with E-state index in [1.807, 2.05) is 0 Å². The van der Waals surface area contributed by atoms with Gasteiger partial charge in [0.2, 0.25) is 0 Å². The molecule has 0 bridgehead atoms. The van der Waals surface area contributed by atoms with Gasteiger partial charge in [0.1, 0.15) is 10.8 Å². The predicted molar refractivity (Wildman–Crippen MR) is 67.7 cm³/mol. The molecule has 1 aromatic rings. The number of nitrogens with zero attached hydrogens (tertiary/aromatic N) is 1. The highest BCUT2D eigenvalue weighted by molar-refractivity contribution is 6.32. The van der Waals surface area contributed by atoms with Crippen molar-refractivity contribution in [3.8, 4) is 5.75 Å². The molecular formula is C12H16ClNO3. The van der Waals surface area contributed by atoms with E-state index in [-0.39, 0.29) is 10.7 Å². The lowest BCUT2D eigenvalue weighted by molar-refractivity contribution is -0.384. The quantitative estimate of drug-likeness (QED) is 0.570. The van der Waals surface area contributed by atoms with Gasteiger partial charge in [-0.15, -0.1) is 0 Å². The van der Waals surface area contributed by atoms with Crippen LogP contribution in [0.3, 0.4) is 0 Å². The third-order valence-electron chi connectivity index (χ3n) is 2.76. The summed E-state index contributed by atoms with van der Waals surface area (Å²) in [6, 6.07) is 4.43. The maximum absolute atomic E-state index is 10.6. The third kappa shape index (κ3) is 3.89. The number of benzene rings is 1. The van der Waals surface area contributed by atoms with Crippen molar-refractivity contribution in [1.29, 1.82) is 0 Å². The first-order valence-corrected chi connectivity index (χ1v) is 6.03. The topological polar surface area (TPSA) is 52.4 Å². The molecule has 1 aromatic carbocycles. The summed E-state index contributed by atoms with van der Waals surface area (Å²) >= 11 is 5.79. The summed E-state index contributed by atoms with van der Waals surface area (Å²) in [5.41, 5.74) is -0.0958. The SMILES string of the molecule is CCC(CC)COc1ccc([N+](=O)[O-])c(Cl)c1. The number of hydrogen-bond acceptors (Lipinski definition) is 3. The van der Waals surface area contributed by atoms with Crippen molar-refractivity contribution in [1.82, 2.24) is 0 Å². The van der Waals surface area contributed by atoms with Gasteiger partial charge in [-0.25, -0.2) is 0 Å².